The molecular weight excluding hydrogens is 178 g/mol. The van der Waals surface area contributed by atoms with Crippen molar-refractivity contribution in [1.82, 2.24) is 4.98 Å². The lowest BCUT2D eigenvalue weighted by Crippen LogP contribution is -2.12. The molecule has 0 aliphatic rings. The number of nitrogens with two attached hydrogens (primary N) is 1. The molecule has 14 heavy (non-hydrogen) atoms. The van der Waals surface area contributed by atoms with E-state index in [1.807, 2.05) is 19.1 Å². The molecule has 0 fully saturated rings. The van der Waals surface area contributed by atoms with E-state index < -0.39 is 0 Å². The lowest BCUT2D eigenvalue weighted by molar-refractivity contribution is 0.320. The van der Waals surface area contributed by atoms with Gasteiger partial charge in [0.05, 0.1) is 19.1 Å². The first-order valence-electron chi connectivity index (χ1n) is 4.49. The van der Waals surface area contributed by atoms with E-state index in [0.717, 1.165) is 5.56 Å². The maximum absolute atomic E-state index is 8.53. The summed E-state index contributed by atoms with van der Waals surface area (Å²) >= 11 is 0. The van der Waals surface area contributed by atoms with E-state index in [4.69, 9.17) is 15.7 Å². The van der Waals surface area contributed by atoms with Gasteiger partial charge >= 0.3 is 0 Å². The minimum Gasteiger partial charge on any atom is -0.478 e. The van der Waals surface area contributed by atoms with E-state index in [-0.39, 0.29) is 12.5 Å². The molecule has 1 heterocycles. The number of aromatic nitrogens is 1. The Morgan fingerprint density at radius 2 is 2.50 bits per heavy atom. The van der Waals surface area contributed by atoms with Crippen LogP contribution in [0.2, 0.25) is 0 Å². The second-order valence-corrected chi connectivity index (χ2v) is 2.80. The van der Waals surface area contributed by atoms with Crippen molar-refractivity contribution in [2.75, 3.05) is 6.61 Å². The van der Waals surface area contributed by atoms with E-state index in [0.29, 0.717) is 12.5 Å². The first kappa shape index (κ1) is 10.5. The van der Waals surface area contributed by atoms with Crippen LogP contribution >= 0.6 is 0 Å². The lowest BCUT2D eigenvalue weighted by Gasteiger charge is -2.12. The quantitative estimate of drug-likeness (QED) is 0.780. The fourth-order valence-corrected chi connectivity index (χ4v) is 1.15. The average molecular weight is 191 g/mol. The standard InChI is InChI=1S/C10H13N3O/c1-2-14-10-8(4-3-7-13-10)9(12)5-6-11/h3-4,7,9H,2,5,12H2,1H3. The first-order chi connectivity index (χ1) is 6.79. The van der Waals surface area contributed by atoms with Gasteiger partial charge in [0.1, 0.15) is 0 Å². The Labute approximate surface area is 83.3 Å². The van der Waals surface area contributed by atoms with E-state index in [1.165, 1.54) is 0 Å². The molecule has 0 aliphatic heterocycles. The van der Waals surface area contributed by atoms with Crippen LogP contribution in [0.15, 0.2) is 18.3 Å². The van der Waals surface area contributed by atoms with Crippen LogP contribution in [0.3, 0.4) is 0 Å². The number of hydrogen-bond acceptors (Lipinski definition) is 4. The van der Waals surface area contributed by atoms with Crippen LogP contribution in [0.5, 0.6) is 5.88 Å². The molecule has 1 aromatic heterocycles. The van der Waals surface area contributed by atoms with Crippen molar-refractivity contribution in [2.24, 2.45) is 5.73 Å². The van der Waals surface area contributed by atoms with Crippen LogP contribution in [0.4, 0.5) is 0 Å². The van der Waals surface area contributed by atoms with Gasteiger partial charge in [0.25, 0.3) is 0 Å². The smallest absolute Gasteiger partial charge is 0.218 e. The van der Waals surface area contributed by atoms with Gasteiger partial charge in [0, 0.05) is 17.8 Å². The highest BCUT2D eigenvalue weighted by molar-refractivity contribution is 5.29. The number of nitriles is 1. The van der Waals surface area contributed by atoms with Crippen molar-refractivity contribution in [2.45, 2.75) is 19.4 Å². The van der Waals surface area contributed by atoms with Crippen LogP contribution < -0.4 is 10.5 Å². The molecule has 2 N–H and O–H groups in total. The third-order valence-electron chi connectivity index (χ3n) is 1.79. The predicted octanol–water partition coefficient (Wildman–Crippen LogP) is 1.39. The van der Waals surface area contributed by atoms with Crippen LogP contribution in [0.25, 0.3) is 0 Å². The Balaban J connectivity index is 2.89. The van der Waals surface area contributed by atoms with Crippen LogP contribution in [0.1, 0.15) is 24.9 Å². The summed E-state index contributed by atoms with van der Waals surface area (Å²) < 4.78 is 5.30. The Morgan fingerprint density at radius 1 is 1.71 bits per heavy atom. The zero-order valence-corrected chi connectivity index (χ0v) is 8.10. The number of pyridine rings is 1. The van der Waals surface area contributed by atoms with Gasteiger partial charge in [0.15, 0.2) is 0 Å². The molecule has 1 aromatic rings. The monoisotopic (exact) mass is 191 g/mol. The topological polar surface area (TPSA) is 71.9 Å². The normalized spacial score (nSPS) is 11.8. The summed E-state index contributed by atoms with van der Waals surface area (Å²) in [6.07, 6.45) is 1.92. The fourth-order valence-electron chi connectivity index (χ4n) is 1.15. The third kappa shape index (κ3) is 2.44. The minimum atomic E-state index is -0.324. The zero-order chi connectivity index (χ0) is 10.4. The fraction of sp³-hybridized carbons (Fsp3) is 0.400. The van der Waals surface area contributed by atoms with Gasteiger partial charge in [-0.25, -0.2) is 4.98 Å². The maximum Gasteiger partial charge on any atom is 0.218 e. The number of rotatable bonds is 4. The Hall–Kier alpha value is -1.60. The van der Waals surface area contributed by atoms with Crippen molar-refractivity contribution < 1.29 is 4.74 Å². The molecule has 0 radical (unpaired) electrons. The van der Waals surface area contributed by atoms with Gasteiger partial charge in [0.2, 0.25) is 5.88 Å². The molecule has 4 nitrogen and oxygen atoms in total. The van der Waals surface area contributed by atoms with Gasteiger partial charge < -0.3 is 10.5 Å². The van der Waals surface area contributed by atoms with Crippen molar-refractivity contribution >= 4 is 0 Å². The number of hydrogen-bond donors (Lipinski definition) is 1. The number of ether oxygens (including phenoxy) is 1. The summed E-state index contributed by atoms with van der Waals surface area (Å²) in [5.41, 5.74) is 6.58. The Kier molecular flexibility index (Phi) is 3.89. The van der Waals surface area contributed by atoms with Crippen LogP contribution in [-0.2, 0) is 0 Å². The molecule has 0 saturated carbocycles. The lowest BCUT2D eigenvalue weighted by atomic mass is 10.1. The van der Waals surface area contributed by atoms with Crippen LogP contribution in [0, 0.1) is 11.3 Å². The van der Waals surface area contributed by atoms with Gasteiger partial charge in [-0.1, -0.05) is 6.07 Å². The summed E-state index contributed by atoms with van der Waals surface area (Å²) in [5.74, 6) is 0.526. The molecule has 0 spiro atoms. The molecular formula is C10H13N3O. The maximum atomic E-state index is 8.53. The molecule has 0 bridgehead atoms. The number of nitrogens with zero attached hydrogens (tertiary/aromatic N) is 2. The van der Waals surface area contributed by atoms with Gasteiger partial charge in [-0.2, -0.15) is 5.26 Å². The molecule has 74 valence electrons. The summed E-state index contributed by atoms with van der Waals surface area (Å²) in [6, 6.07) is 5.32. The van der Waals surface area contributed by atoms with Gasteiger partial charge in [-0.3, -0.25) is 0 Å². The first-order valence-corrected chi connectivity index (χ1v) is 4.49. The highest BCUT2D eigenvalue weighted by atomic mass is 16.5. The van der Waals surface area contributed by atoms with Crippen LogP contribution in [-0.4, -0.2) is 11.6 Å². The summed E-state index contributed by atoms with van der Waals surface area (Å²) in [4.78, 5) is 4.06. The Morgan fingerprint density at radius 3 is 3.14 bits per heavy atom. The summed E-state index contributed by atoms with van der Waals surface area (Å²) in [5, 5.41) is 8.53. The SMILES string of the molecule is CCOc1ncccc1C(N)CC#N. The third-order valence-corrected chi connectivity index (χ3v) is 1.79. The zero-order valence-electron chi connectivity index (χ0n) is 8.10. The van der Waals surface area contributed by atoms with Gasteiger partial charge in [-0.05, 0) is 13.0 Å². The highest BCUT2D eigenvalue weighted by Gasteiger charge is 2.11. The molecule has 1 rings (SSSR count). The average Bonchev–Trinajstić information content (AvgIpc) is 2.19. The largest absolute Gasteiger partial charge is 0.478 e. The van der Waals surface area contributed by atoms with E-state index in [9.17, 15) is 0 Å². The molecule has 0 aromatic carbocycles. The second kappa shape index (κ2) is 5.20. The molecule has 1 unspecified atom stereocenters. The Bertz CT molecular complexity index is 332. The van der Waals surface area contributed by atoms with E-state index in [2.05, 4.69) is 4.98 Å². The predicted molar refractivity (Wildman–Crippen MR) is 52.6 cm³/mol. The second-order valence-electron chi connectivity index (χ2n) is 2.80. The molecule has 4 heteroatoms. The molecule has 1 atom stereocenters. The summed E-state index contributed by atoms with van der Waals surface area (Å²) in [7, 11) is 0. The minimum absolute atomic E-state index is 0.270. The highest BCUT2D eigenvalue weighted by Crippen LogP contribution is 2.22. The van der Waals surface area contributed by atoms with E-state index in [1.54, 1.807) is 12.3 Å². The molecule has 0 aliphatic carbocycles. The van der Waals surface area contributed by atoms with Crippen molar-refractivity contribution in [3.8, 4) is 11.9 Å². The molecule has 0 amide bonds. The van der Waals surface area contributed by atoms with Crippen molar-refractivity contribution in [3.63, 3.8) is 0 Å². The van der Waals surface area contributed by atoms with Crippen molar-refractivity contribution in [1.29, 1.82) is 5.26 Å². The van der Waals surface area contributed by atoms with E-state index >= 15 is 0 Å². The molecule has 0 saturated heterocycles. The van der Waals surface area contributed by atoms with Gasteiger partial charge in [-0.15, -0.1) is 0 Å². The summed E-state index contributed by atoms with van der Waals surface area (Å²) in [6.45, 7) is 2.43. The van der Waals surface area contributed by atoms with Crippen molar-refractivity contribution in [3.05, 3.63) is 23.9 Å².